The molecule has 2 aromatic rings. The topological polar surface area (TPSA) is 45.2 Å². The molecule has 0 saturated carbocycles. The number of hydrogen-bond donors (Lipinski definition) is 1. The average molecular weight is 269 g/mol. The molecule has 1 amide bonds. The maximum atomic E-state index is 12.4. The number of carbonyl (C=O) groups excluding carboxylic acids is 1. The van der Waals surface area contributed by atoms with E-state index >= 15 is 0 Å². The van der Waals surface area contributed by atoms with Crippen molar-refractivity contribution in [3.63, 3.8) is 0 Å². The third kappa shape index (κ3) is 2.96. The minimum Gasteiger partial charge on any atom is -0.384 e. The van der Waals surface area contributed by atoms with Gasteiger partial charge in [0.2, 0.25) is 0 Å². The molecule has 1 aromatic heterocycles. The van der Waals surface area contributed by atoms with E-state index < -0.39 is 0 Å². The van der Waals surface area contributed by atoms with E-state index in [1.807, 2.05) is 44.2 Å². The molecule has 0 aliphatic rings. The fraction of sp³-hybridized carbons (Fsp3) is 0.250. The predicted molar refractivity (Wildman–Crippen MR) is 82.3 cm³/mol. The Balaban J connectivity index is 2.20. The Bertz CT molecular complexity index is 593. The van der Waals surface area contributed by atoms with Gasteiger partial charge in [-0.25, -0.2) is 4.98 Å². The molecule has 0 aliphatic heterocycles. The smallest absolute Gasteiger partial charge is 0.276 e. The van der Waals surface area contributed by atoms with Crippen LogP contribution in [0.3, 0.4) is 0 Å². The lowest BCUT2D eigenvalue weighted by molar-refractivity contribution is 0.0988. The molecule has 1 aromatic carbocycles. The van der Waals surface area contributed by atoms with Gasteiger partial charge >= 0.3 is 0 Å². The summed E-state index contributed by atoms with van der Waals surface area (Å²) in [6.07, 6.45) is 1.68. The van der Waals surface area contributed by atoms with Crippen LogP contribution < -0.4 is 10.2 Å². The van der Waals surface area contributed by atoms with Gasteiger partial charge in [-0.3, -0.25) is 4.79 Å². The molecule has 0 atom stereocenters. The summed E-state index contributed by atoms with van der Waals surface area (Å²) < 4.78 is 0. The first-order valence-corrected chi connectivity index (χ1v) is 6.67. The summed E-state index contributed by atoms with van der Waals surface area (Å²) >= 11 is 0. The Morgan fingerprint density at radius 1 is 1.25 bits per heavy atom. The van der Waals surface area contributed by atoms with Crippen LogP contribution in [0.2, 0.25) is 0 Å². The number of anilines is 2. The Morgan fingerprint density at radius 2 is 2.00 bits per heavy atom. The highest BCUT2D eigenvalue weighted by molar-refractivity contribution is 6.04. The van der Waals surface area contributed by atoms with Crippen molar-refractivity contribution in [1.82, 2.24) is 4.98 Å². The third-order valence-electron chi connectivity index (χ3n) is 3.14. The van der Waals surface area contributed by atoms with E-state index in [-0.39, 0.29) is 5.91 Å². The van der Waals surface area contributed by atoms with Crippen LogP contribution in [0.4, 0.5) is 11.4 Å². The summed E-state index contributed by atoms with van der Waals surface area (Å²) in [5.41, 5.74) is 3.32. The van der Waals surface area contributed by atoms with Gasteiger partial charge in [-0.2, -0.15) is 0 Å². The number of aromatic nitrogens is 1. The molecule has 0 radical (unpaired) electrons. The van der Waals surface area contributed by atoms with Crippen molar-refractivity contribution in [2.75, 3.05) is 23.8 Å². The number of aryl methyl sites for hydroxylation is 1. The average Bonchev–Trinajstić information content (AvgIpc) is 2.47. The second-order valence-electron chi connectivity index (χ2n) is 4.61. The van der Waals surface area contributed by atoms with Gasteiger partial charge in [-0.1, -0.05) is 18.2 Å². The molecule has 1 N–H and O–H groups in total. The number of nitrogens with one attached hydrogen (secondary N) is 1. The van der Waals surface area contributed by atoms with Crippen LogP contribution in [0.25, 0.3) is 0 Å². The summed E-state index contributed by atoms with van der Waals surface area (Å²) in [6.45, 7) is 4.84. The monoisotopic (exact) mass is 269 g/mol. The minimum atomic E-state index is -0.109. The molecule has 0 bridgehead atoms. The van der Waals surface area contributed by atoms with Gasteiger partial charge in [-0.15, -0.1) is 0 Å². The molecule has 0 spiro atoms. The quantitative estimate of drug-likeness (QED) is 0.927. The standard InChI is InChI=1S/C16H19N3O/c1-4-17-13-9-10-14(18-11-13)16(20)19(3)15-8-6-5-7-12(15)2/h5-11,17H,4H2,1-3H3. The molecule has 0 aliphatic carbocycles. The molecule has 4 nitrogen and oxygen atoms in total. The zero-order valence-electron chi connectivity index (χ0n) is 12.1. The van der Waals surface area contributed by atoms with Crippen molar-refractivity contribution in [3.8, 4) is 0 Å². The van der Waals surface area contributed by atoms with Crippen LogP contribution in [0.15, 0.2) is 42.6 Å². The van der Waals surface area contributed by atoms with Crippen LogP contribution in [0, 0.1) is 6.92 Å². The molecule has 20 heavy (non-hydrogen) atoms. The van der Waals surface area contributed by atoms with Crippen molar-refractivity contribution < 1.29 is 4.79 Å². The molecule has 0 saturated heterocycles. The van der Waals surface area contributed by atoms with E-state index in [1.165, 1.54) is 0 Å². The molecule has 0 unspecified atom stereocenters. The van der Waals surface area contributed by atoms with Crippen LogP contribution in [-0.4, -0.2) is 24.5 Å². The van der Waals surface area contributed by atoms with Gasteiger partial charge in [0.25, 0.3) is 5.91 Å². The van der Waals surface area contributed by atoms with Crippen molar-refractivity contribution in [1.29, 1.82) is 0 Å². The van der Waals surface area contributed by atoms with Gasteiger partial charge in [0.15, 0.2) is 0 Å². The Kier molecular flexibility index (Phi) is 4.35. The fourth-order valence-corrected chi connectivity index (χ4v) is 2.05. The first-order valence-electron chi connectivity index (χ1n) is 6.67. The van der Waals surface area contributed by atoms with Crippen LogP contribution >= 0.6 is 0 Å². The lowest BCUT2D eigenvalue weighted by Crippen LogP contribution is -2.27. The summed E-state index contributed by atoms with van der Waals surface area (Å²) in [7, 11) is 1.77. The Labute approximate surface area is 119 Å². The SMILES string of the molecule is CCNc1ccc(C(=O)N(C)c2ccccc2C)nc1. The number of nitrogens with zero attached hydrogens (tertiary/aromatic N) is 2. The maximum Gasteiger partial charge on any atom is 0.276 e. The number of benzene rings is 1. The van der Waals surface area contributed by atoms with Gasteiger partial charge in [0.05, 0.1) is 11.9 Å². The van der Waals surface area contributed by atoms with Gasteiger partial charge < -0.3 is 10.2 Å². The van der Waals surface area contributed by atoms with Crippen LogP contribution in [0.1, 0.15) is 23.0 Å². The third-order valence-corrected chi connectivity index (χ3v) is 3.14. The summed E-state index contributed by atoms with van der Waals surface area (Å²) in [4.78, 5) is 18.3. The number of pyridine rings is 1. The lowest BCUT2D eigenvalue weighted by atomic mass is 10.2. The predicted octanol–water partition coefficient (Wildman–Crippen LogP) is 3.10. The van der Waals surface area contributed by atoms with Crippen molar-refractivity contribution in [2.45, 2.75) is 13.8 Å². The highest BCUT2D eigenvalue weighted by Gasteiger charge is 2.15. The van der Waals surface area contributed by atoms with Crippen LogP contribution in [-0.2, 0) is 0 Å². The second-order valence-corrected chi connectivity index (χ2v) is 4.61. The first kappa shape index (κ1) is 14.1. The largest absolute Gasteiger partial charge is 0.384 e. The van der Waals surface area contributed by atoms with E-state index in [0.717, 1.165) is 23.5 Å². The van der Waals surface area contributed by atoms with Crippen molar-refractivity contribution in [3.05, 3.63) is 53.9 Å². The number of hydrogen-bond acceptors (Lipinski definition) is 3. The molecule has 4 heteroatoms. The fourth-order valence-electron chi connectivity index (χ4n) is 2.05. The van der Waals surface area contributed by atoms with E-state index in [9.17, 15) is 4.79 Å². The summed E-state index contributed by atoms with van der Waals surface area (Å²) in [5.74, 6) is -0.109. The highest BCUT2D eigenvalue weighted by atomic mass is 16.2. The minimum absolute atomic E-state index is 0.109. The Morgan fingerprint density at radius 3 is 2.60 bits per heavy atom. The summed E-state index contributed by atoms with van der Waals surface area (Å²) in [5, 5.41) is 3.16. The number of rotatable bonds is 4. The molecular weight excluding hydrogens is 250 g/mol. The van der Waals surface area contributed by atoms with E-state index in [0.29, 0.717) is 5.69 Å². The normalized spacial score (nSPS) is 10.2. The molecule has 2 rings (SSSR count). The molecule has 0 fully saturated rings. The van der Waals surface area contributed by atoms with Crippen molar-refractivity contribution in [2.24, 2.45) is 0 Å². The Hall–Kier alpha value is -2.36. The zero-order valence-corrected chi connectivity index (χ0v) is 12.1. The molecule has 1 heterocycles. The first-order chi connectivity index (χ1) is 9.63. The zero-order chi connectivity index (χ0) is 14.5. The van der Waals surface area contributed by atoms with Crippen molar-refractivity contribution >= 4 is 17.3 Å². The number of carbonyl (C=O) groups is 1. The second kappa shape index (κ2) is 6.19. The van der Waals surface area contributed by atoms with Crippen LogP contribution in [0.5, 0.6) is 0 Å². The molecule has 104 valence electrons. The van der Waals surface area contributed by atoms with E-state index in [1.54, 1.807) is 24.2 Å². The molecular formula is C16H19N3O. The van der Waals surface area contributed by atoms with E-state index in [4.69, 9.17) is 0 Å². The van der Waals surface area contributed by atoms with Gasteiger partial charge in [-0.05, 0) is 37.6 Å². The van der Waals surface area contributed by atoms with Gasteiger partial charge in [0, 0.05) is 19.3 Å². The number of para-hydroxylation sites is 1. The maximum absolute atomic E-state index is 12.4. The highest BCUT2D eigenvalue weighted by Crippen LogP contribution is 2.19. The lowest BCUT2D eigenvalue weighted by Gasteiger charge is -2.19. The number of amides is 1. The van der Waals surface area contributed by atoms with Gasteiger partial charge in [0.1, 0.15) is 5.69 Å². The summed E-state index contributed by atoms with van der Waals surface area (Å²) in [6, 6.07) is 11.4. The van der Waals surface area contributed by atoms with E-state index in [2.05, 4.69) is 10.3 Å².